The van der Waals surface area contributed by atoms with Crippen LogP contribution in [0.2, 0.25) is 0 Å². The highest BCUT2D eigenvalue weighted by molar-refractivity contribution is 5.85. The Morgan fingerprint density at radius 2 is 1.88 bits per heavy atom. The van der Waals surface area contributed by atoms with Crippen LogP contribution in [0.3, 0.4) is 0 Å². The Kier molecular flexibility index (Phi) is 7.57. The molecule has 1 fully saturated rings. The minimum absolute atomic E-state index is 0. The van der Waals surface area contributed by atoms with Crippen LogP contribution in [0.1, 0.15) is 33.6 Å². The molecule has 1 heterocycles. The summed E-state index contributed by atoms with van der Waals surface area (Å²) >= 11 is 0. The van der Waals surface area contributed by atoms with Gasteiger partial charge >= 0.3 is 0 Å². The molecule has 1 aliphatic heterocycles. The van der Waals surface area contributed by atoms with E-state index in [4.69, 9.17) is 0 Å². The van der Waals surface area contributed by atoms with E-state index >= 15 is 0 Å². The number of nitrogens with one attached hydrogen (secondary N) is 1. The lowest BCUT2D eigenvalue weighted by molar-refractivity contribution is 0.0245. The van der Waals surface area contributed by atoms with Gasteiger partial charge in [0.2, 0.25) is 0 Å². The molecule has 0 atom stereocenters. The number of likely N-dealkylation sites (tertiary alicyclic amines) is 1. The molecule has 16 heavy (non-hydrogen) atoms. The Hall–Kier alpha value is 0.170. The third-order valence-corrected chi connectivity index (χ3v) is 3.00. The van der Waals surface area contributed by atoms with E-state index in [1.54, 1.807) is 0 Å². The lowest BCUT2D eigenvalue weighted by Crippen LogP contribution is -2.44. The first-order chi connectivity index (χ1) is 7.01. The summed E-state index contributed by atoms with van der Waals surface area (Å²) in [4.78, 5) is 2.38. The third-order valence-electron chi connectivity index (χ3n) is 3.00. The topological polar surface area (TPSA) is 35.5 Å². The van der Waals surface area contributed by atoms with Crippen molar-refractivity contribution in [1.82, 2.24) is 10.2 Å². The molecular formula is C12H27ClN2O. The summed E-state index contributed by atoms with van der Waals surface area (Å²) in [7, 11) is 0. The molecule has 98 valence electrons. The van der Waals surface area contributed by atoms with Gasteiger partial charge in [-0.2, -0.15) is 0 Å². The molecule has 0 radical (unpaired) electrons. The van der Waals surface area contributed by atoms with Crippen LogP contribution in [0.15, 0.2) is 0 Å². The third kappa shape index (κ3) is 6.69. The second kappa shape index (κ2) is 7.49. The number of rotatable bonds is 5. The van der Waals surface area contributed by atoms with Crippen molar-refractivity contribution in [3.63, 3.8) is 0 Å². The molecule has 1 rings (SSSR count). The lowest BCUT2D eigenvalue weighted by Gasteiger charge is -2.35. The molecule has 0 unspecified atom stereocenters. The minimum Gasteiger partial charge on any atom is -0.389 e. The van der Waals surface area contributed by atoms with E-state index in [-0.39, 0.29) is 12.4 Å². The fourth-order valence-electron chi connectivity index (χ4n) is 2.24. The maximum atomic E-state index is 9.72. The van der Waals surface area contributed by atoms with Crippen LogP contribution >= 0.6 is 12.4 Å². The Labute approximate surface area is 106 Å². The van der Waals surface area contributed by atoms with Gasteiger partial charge in [0.05, 0.1) is 5.60 Å². The van der Waals surface area contributed by atoms with Gasteiger partial charge < -0.3 is 15.3 Å². The normalized spacial score (nSPS) is 19.5. The number of piperidine rings is 1. The second-order valence-electron chi connectivity index (χ2n) is 5.34. The number of β-amino-alcohol motifs (C(OH)–C–C–N with tert-alkyl or cyclic N) is 1. The molecule has 0 amide bonds. The predicted octanol–water partition coefficient (Wildman–Crippen LogP) is 1.50. The number of halogens is 1. The lowest BCUT2D eigenvalue weighted by atomic mass is 9.95. The fourth-order valence-corrected chi connectivity index (χ4v) is 2.24. The molecule has 0 aromatic heterocycles. The molecule has 0 saturated carbocycles. The van der Waals surface area contributed by atoms with Gasteiger partial charge in [-0.15, -0.1) is 12.4 Å². The van der Waals surface area contributed by atoms with Gasteiger partial charge in [-0.05, 0) is 58.8 Å². The van der Waals surface area contributed by atoms with Gasteiger partial charge in [0.15, 0.2) is 0 Å². The summed E-state index contributed by atoms with van der Waals surface area (Å²) in [5, 5.41) is 13.1. The molecular weight excluding hydrogens is 224 g/mol. The summed E-state index contributed by atoms with van der Waals surface area (Å²) in [6, 6.07) is 0. The molecule has 3 nitrogen and oxygen atoms in total. The first-order valence-electron chi connectivity index (χ1n) is 6.16. The summed E-state index contributed by atoms with van der Waals surface area (Å²) < 4.78 is 0. The zero-order valence-corrected chi connectivity index (χ0v) is 11.6. The average molecular weight is 251 g/mol. The zero-order chi connectivity index (χ0) is 11.3. The summed E-state index contributed by atoms with van der Waals surface area (Å²) in [6.45, 7) is 11.2. The number of hydrogen-bond donors (Lipinski definition) is 2. The zero-order valence-electron chi connectivity index (χ0n) is 10.8. The van der Waals surface area contributed by atoms with Gasteiger partial charge in [-0.3, -0.25) is 0 Å². The van der Waals surface area contributed by atoms with Gasteiger partial charge in [0, 0.05) is 6.54 Å². The van der Waals surface area contributed by atoms with Crippen molar-refractivity contribution in [1.29, 1.82) is 0 Å². The molecule has 4 heteroatoms. The van der Waals surface area contributed by atoms with Gasteiger partial charge in [0.1, 0.15) is 0 Å². The van der Waals surface area contributed by atoms with E-state index in [9.17, 15) is 5.11 Å². The van der Waals surface area contributed by atoms with Crippen LogP contribution in [0, 0.1) is 5.92 Å². The highest BCUT2D eigenvalue weighted by atomic mass is 35.5. The van der Waals surface area contributed by atoms with E-state index in [1.807, 2.05) is 13.8 Å². The highest BCUT2D eigenvalue weighted by Gasteiger charge is 2.23. The van der Waals surface area contributed by atoms with Crippen molar-refractivity contribution in [3.05, 3.63) is 0 Å². The Balaban J connectivity index is 0.00000225. The van der Waals surface area contributed by atoms with Crippen molar-refractivity contribution in [2.75, 3.05) is 32.7 Å². The summed E-state index contributed by atoms with van der Waals surface area (Å²) in [6.07, 6.45) is 2.53. The fraction of sp³-hybridized carbons (Fsp3) is 1.00. The van der Waals surface area contributed by atoms with Gasteiger partial charge in [0.25, 0.3) is 0 Å². The van der Waals surface area contributed by atoms with Crippen molar-refractivity contribution in [3.8, 4) is 0 Å². The highest BCUT2D eigenvalue weighted by Crippen LogP contribution is 2.18. The number of nitrogens with zero attached hydrogens (tertiary/aromatic N) is 1. The first-order valence-corrected chi connectivity index (χ1v) is 6.16. The SMILES string of the molecule is CCNCC1CCN(CC(C)(C)O)CC1.Cl. The monoisotopic (exact) mass is 250 g/mol. The maximum absolute atomic E-state index is 9.72. The quantitative estimate of drug-likeness (QED) is 0.777. The van der Waals surface area contributed by atoms with Crippen molar-refractivity contribution in [2.45, 2.75) is 39.2 Å². The molecule has 0 aromatic carbocycles. The first kappa shape index (κ1) is 16.2. The van der Waals surface area contributed by atoms with Crippen LogP contribution < -0.4 is 5.32 Å². The minimum atomic E-state index is -0.547. The second-order valence-corrected chi connectivity index (χ2v) is 5.34. The van der Waals surface area contributed by atoms with Crippen LogP contribution in [-0.4, -0.2) is 48.3 Å². The van der Waals surface area contributed by atoms with Crippen molar-refractivity contribution < 1.29 is 5.11 Å². The summed E-state index contributed by atoms with van der Waals surface area (Å²) in [5.41, 5.74) is -0.547. The van der Waals surface area contributed by atoms with Crippen molar-refractivity contribution in [2.24, 2.45) is 5.92 Å². The van der Waals surface area contributed by atoms with E-state index in [0.29, 0.717) is 0 Å². The van der Waals surface area contributed by atoms with Crippen LogP contribution in [0.5, 0.6) is 0 Å². The smallest absolute Gasteiger partial charge is 0.0718 e. The van der Waals surface area contributed by atoms with Crippen LogP contribution in [0.4, 0.5) is 0 Å². The Morgan fingerprint density at radius 3 is 2.31 bits per heavy atom. The molecule has 0 bridgehead atoms. The number of hydrogen-bond acceptors (Lipinski definition) is 3. The van der Waals surface area contributed by atoms with Crippen LogP contribution in [0.25, 0.3) is 0 Å². The average Bonchev–Trinajstić information content (AvgIpc) is 2.14. The number of aliphatic hydroxyl groups is 1. The predicted molar refractivity (Wildman–Crippen MR) is 71.3 cm³/mol. The van der Waals surface area contributed by atoms with E-state index in [0.717, 1.165) is 38.6 Å². The molecule has 1 saturated heterocycles. The van der Waals surface area contributed by atoms with Crippen molar-refractivity contribution >= 4 is 12.4 Å². The largest absolute Gasteiger partial charge is 0.389 e. The van der Waals surface area contributed by atoms with E-state index in [2.05, 4.69) is 17.1 Å². The molecule has 2 N–H and O–H groups in total. The van der Waals surface area contributed by atoms with Gasteiger partial charge in [-0.25, -0.2) is 0 Å². The standard InChI is InChI=1S/C12H26N2O.ClH/c1-4-13-9-11-5-7-14(8-6-11)10-12(2,3)15;/h11,13,15H,4-10H2,1-3H3;1H. The summed E-state index contributed by atoms with van der Waals surface area (Å²) in [5.74, 6) is 0.836. The maximum Gasteiger partial charge on any atom is 0.0718 e. The Morgan fingerprint density at radius 1 is 1.31 bits per heavy atom. The molecule has 0 aromatic rings. The van der Waals surface area contributed by atoms with Gasteiger partial charge in [-0.1, -0.05) is 6.92 Å². The van der Waals surface area contributed by atoms with E-state index < -0.39 is 5.60 Å². The van der Waals surface area contributed by atoms with Crippen LogP contribution in [-0.2, 0) is 0 Å². The molecule has 1 aliphatic rings. The van der Waals surface area contributed by atoms with E-state index in [1.165, 1.54) is 12.8 Å². The molecule has 0 spiro atoms. The Bertz CT molecular complexity index is 174. The molecule has 0 aliphatic carbocycles.